The number of hydrogen-bond acceptors (Lipinski definition) is 9. The maximum Gasteiger partial charge on any atom is 0.244 e. The monoisotopic (exact) mass is 584 g/mol. The number of hydrazine groups is 2. The molecule has 1 aliphatic heterocycles. The summed E-state index contributed by atoms with van der Waals surface area (Å²) in [6.45, 7) is 6.98. The van der Waals surface area contributed by atoms with Crippen molar-refractivity contribution in [3.8, 4) is 12.3 Å². The highest BCUT2D eigenvalue weighted by atomic mass is 32.1. The lowest BCUT2D eigenvalue weighted by Crippen LogP contribution is -2.63. The van der Waals surface area contributed by atoms with Gasteiger partial charge in [-0.3, -0.25) is 14.8 Å². The van der Waals surface area contributed by atoms with Crippen molar-refractivity contribution in [1.29, 1.82) is 0 Å². The van der Waals surface area contributed by atoms with Gasteiger partial charge in [-0.25, -0.2) is 9.37 Å². The van der Waals surface area contributed by atoms with Gasteiger partial charge in [-0.05, 0) is 48.4 Å². The SMILES string of the molecule is C#Cc1cnc2c(F)cc(N[C@H](C3=CN(C4(C(N)=O)CCC4)NN3)c3cccc4ncsc34)cc2c1NCC(C)(C)C. The minimum absolute atomic E-state index is 0.0312. The molecule has 0 saturated heterocycles. The minimum atomic E-state index is -0.796. The van der Waals surface area contributed by atoms with Gasteiger partial charge in [0.05, 0.1) is 38.7 Å². The number of pyridine rings is 1. The number of hydrogen-bond donors (Lipinski definition) is 5. The second-order valence-electron chi connectivity index (χ2n) is 12.0. The van der Waals surface area contributed by atoms with Crippen molar-refractivity contribution >= 4 is 49.7 Å². The smallest absolute Gasteiger partial charge is 0.244 e. The lowest BCUT2D eigenvalue weighted by molar-refractivity contribution is -0.136. The molecule has 9 nitrogen and oxygen atoms in total. The average molecular weight is 585 g/mol. The largest absolute Gasteiger partial charge is 0.383 e. The van der Waals surface area contributed by atoms with Crippen LogP contribution in [-0.2, 0) is 4.79 Å². The van der Waals surface area contributed by atoms with Crippen molar-refractivity contribution in [1.82, 2.24) is 25.9 Å². The van der Waals surface area contributed by atoms with Crippen molar-refractivity contribution in [3.63, 3.8) is 0 Å². The average Bonchev–Trinajstić information content (AvgIpc) is 3.59. The lowest BCUT2D eigenvalue weighted by atomic mass is 9.75. The number of thiazole rings is 1. The molecular formula is C31H33FN8OS. The fourth-order valence-electron chi connectivity index (χ4n) is 5.44. The molecule has 6 N–H and O–H groups in total. The molecule has 1 atom stereocenters. The third kappa shape index (κ3) is 4.86. The predicted octanol–water partition coefficient (Wildman–Crippen LogP) is 5.15. The number of terminal acetylenes is 1. The van der Waals surface area contributed by atoms with Crippen LogP contribution >= 0.6 is 11.3 Å². The third-order valence-electron chi connectivity index (χ3n) is 7.89. The number of amides is 1. The maximum atomic E-state index is 15.6. The van der Waals surface area contributed by atoms with E-state index in [0.29, 0.717) is 41.7 Å². The Morgan fingerprint density at radius 3 is 2.81 bits per heavy atom. The highest BCUT2D eigenvalue weighted by Gasteiger charge is 2.49. The minimum Gasteiger partial charge on any atom is -0.383 e. The van der Waals surface area contributed by atoms with Gasteiger partial charge in [-0.15, -0.1) is 23.3 Å². The quantitative estimate of drug-likeness (QED) is 0.180. The van der Waals surface area contributed by atoms with Crippen LogP contribution in [-0.4, -0.2) is 33.0 Å². The molecule has 2 aromatic carbocycles. The number of anilines is 2. The van der Waals surface area contributed by atoms with E-state index in [1.807, 2.05) is 30.5 Å². The van der Waals surface area contributed by atoms with Gasteiger partial charge in [0, 0.05) is 30.0 Å². The fraction of sp³-hybridized carbons (Fsp3) is 0.323. The van der Waals surface area contributed by atoms with Crippen LogP contribution in [0.3, 0.4) is 0 Å². The molecule has 0 bridgehead atoms. The highest BCUT2D eigenvalue weighted by molar-refractivity contribution is 7.17. The molecule has 4 aromatic rings. The molecule has 0 radical (unpaired) electrons. The van der Waals surface area contributed by atoms with Crippen LogP contribution < -0.4 is 27.3 Å². The number of aromatic nitrogens is 2. The molecule has 3 heterocycles. The molecule has 1 saturated carbocycles. The molecule has 42 heavy (non-hydrogen) atoms. The Kier molecular flexibility index (Phi) is 6.91. The molecule has 2 aromatic heterocycles. The zero-order valence-corrected chi connectivity index (χ0v) is 24.5. The zero-order chi connectivity index (χ0) is 29.6. The Morgan fingerprint density at radius 1 is 1.31 bits per heavy atom. The van der Waals surface area contributed by atoms with E-state index in [-0.39, 0.29) is 16.8 Å². The van der Waals surface area contributed by atoms with Gasteiger partial charge >= 0.3 is 0 Å². The van der Waals surface area contributed by atoms with Gasteiger partial charge in [0.15, 0.2) is 5.82 Å². The molecule has 6 rings (SSSR count). The summed E-state index contributed by atoms with van der Waals surface area (Å²) in [5, 5.41) is 9.33. The fourth-order valence-corrected chi connectivity index (χ4v) is 6.28. The summed E-state index contributed by atoms with van der Waals surface area (Å²) >= 11 is 1.53. The van der Waals surface area contributed by atoms with Crippen LogP contribution in [0.4, 0.5) is 15.8 Å². The first-order chi connectivity index (χ1) is 20.1. The molecule has 1 aliphatic carbocycles. The number of carbonyl (C=O) groups is 1. The Morgan fingerprint density at radius 2 is 2.12 bits per heavy atom. The lowest BCUT2D eigenvalue weighted by Gasteiger charge is -2.44. The van der Waals surface area contributed by atoms with E-state index >= 15 is 4.39 Å². The van der Waals surface area contributed by atoms with Crippen LogP contribution in [0, 0.1) is 23.6 Å². The number of nitrogens with two attached hydrogens (primary N) is 1. The first-order valence-corrected chi connectivity index (χ1v) is 14.7. The van der Waals surface area contributed by atoms with Crippen LogP contribution in [0.5, 0.6) is 0 Å². The number of halogens is 1. The van der Waals surface area contributed by atoms with Gasteiger partial charge in [-0.1, -0.05) is 38.8 Å². The van der Waals surface area contributed by atoms with Gasteiger partial charge < -0.3 is 21.8 Å². The second kappa shape index (κ2) is 10.5. The number of benzene rings is 2. The second-order valence-corrected chi connectivity index (χ2v) is 12.9. The van der Waals surface area contributed by atoms with Crippen LogP contribution in [0.15, 0.2) is 53.9 Å². The van der Waals surface area contributed by atoms with Crippen LogP contribution in [0.1, 0.15) is 57.2 Å². The van der Waals surface area contributed by atoms with E-state index in [1.54, 1.807) is 10.5 Å². The summed E-state index contributed by atoms with van der Waals surface area (Å²) in [5.41, 5.74) is 17.7. The zero-order valence-electron chi connectivity index (χ0n) is 23.7. The molecule has 0 spiro atoms. The Bertz CT molecular complexity index is 1760. The number of fused-ring (bicyclic) bond motifs is 2. The van der Waals surface area contributed by atoms with E-state index in [1.165, 1.54) is 23.6 Å². The molecule has 2 aliphatic rings. The van der Waals surface area contributed by atoms with E-state index in [2.05, 4.69) is 58.3 Å². The molecule has 1 amide bonds. The van der Waals surface area contributed by atoms with E-state index in [9.17, 15) is 4.79 Å². The van der Waals surface area contributed by atoms with Gasteiger partial charge in [0.1, 0.15) is 11.1 Å². The van der Waals surface area contributed by atoms with Crippen molar-refractivity contribution < 1.29 is 9.18 Å². The van der Waals surface area contributed by atoms with E-state index in [4.69, 9.17) is 12.2 Å². The van der Waals surface area contributed by atoms with Crippen LogP contribution in [0.25, 0.3) is 21.1 Å². The molecular weight excluding hydrogens is 551 g/mol. The summed E-state index contributed by atoms with van der Waals surface area (Å²) in [6, 6.07) is 8.78. The van der Waals surface area contributed by atoms with E-state index in [0.717, 1.165) is 27.9 Å². The first-order valence-electron chi connectivity index (χ1n) is 13.8. The normalized spacial score (nSPS) is 16.8. The topological polar surface area (TPSA) is 120 Å². The number of primary amides is 1. The van der Waals surface area contributed by atoms with Crippen LogP contribution in [0.2, 0.25) is 0 Å². The number of nitrogens with zero attached hydrogens (tertiary/aromatic N) is 3. The van der Waals surface area contributed by atoms with Crippen molar-refractivity contribution in [2.75, 3.05) is 17.2 Å². The van der Waals surface area contributed by atoms with Crippen molar-refractivity contribution in [2.24, 2.45) is 11.1 Å². The highest BCUT2D eigenvalue weighted by Crippen LogP contribution is 2.41. The summed E-state index contributed by atoms with van der Waals surface area (Å²) in [7, 11) is 0. The summed E-state index contributed by atoms with van der Waals surface area (Å²) < 4.78 is 16.6. The molecule has 11 heteroatoms. The molecule has 216 valence electrons. The first kappa shape index (κ1) is 27.8. The molecule has 1 fully saturated rings. The Hall–Kier alpha value is -4.40. The van der Waals surface area contributed by atoms with Gasteiger partial charge in [0.25, 0.3) is 0 Å². The van der Waals surface area contributed by atoms with Crippen molar-refractivity contribution in [3.05, 3.63) is 70.9 Å². The summed E-state index contributed by atoms with van der Waals surface area (Å²) in [6.07, 6.45) is 11.5. The van der Waals surface area contributed by atoms with E-state index < -0.39 is 17.4 Å². The van der Waals surface area contributed by atoms with Gasteiger partial charge in [-0.2, -0.15) is 0 Å². The Labute approximate surface area is 247 Å². The summed E-state index contributed by atoms with van der Waals surface area (Å²) in [5.74, 6) is 1.84. The van der Waals surface area contributed by atoms with Crippen molar-refractivity contribution in [2.45, 2.75) is 51.6 Å². The number of carbonyl (C=O) groups excluding carboxylic acids is 1. The predicted molar refractivity (Wildman–Crippen MR) is 166 cm³/mol. The van der Waals surface area contributed by atoms with Gasteiger partial charge in [0.2, 0.25) is 5.91 Å². The number of nitrogens with one attached hydrogen (secondary N) is 4. The molecule has 0 unspecified atom stereocenters. The Balaban J connectivity index is 1.45. The maximum absolute atomic E-state index is 15.6. The standard InChI is InChI=1S/C31H33FN8OS/c1-5-18-14-34-26-21(25(18)35-16-30(2,3)4)12-19(13-22(26)32)37-27(20-8-6-9-23-28(20)42-17-36-23)24-15-40(39-38-24)31(29(33)41)10-7-11-31/h1,6,8-9,12-15,17,27,37-39H,7,10-11,16H2,2-4H3,(H2,33,41)(H,34,35)/t27-/m0/s1. The number of rotatable bonds is 8. The summed E-state index contributed by atoms with van der Waals surface area (Å²) in [4.78, 5) is 21.3. The third-order valence-corrected chi connectivity index (χ3v) is 8.78.